The summed E-state index contributed by atoms with van der Waals surface area (Å²) < 4.78 is 10.5. The summed E-state index contributed by atoms with van der Waals surface area (Å²) in [7, 11) is 3.25. The Morgan fingerprint density at radius 2 is 1.85 bits per heavy atom. The fourth-order valence-electron chi connectivity index (χ4n) is 2.42. The molecule has 2 N–H and O–H groups in total. The Bertz CT molecular complexity index is 416. The molecule has 1 aromatic carbocycles. The van der Waals surface area contributed by atoms with Crippen LogP contribution < -0.4 is 14.8 Å². The van der Waals surface area contributed by atoms with E-state index in [0.29, 0.717) is 19.0 Å². The standard InChI is InChI=1S/C16H27NO3/c1-12(2)9-16(3,18)11-17-10-13-6-7-14(19-4)15(8-13)20-5/h6-8,12,17-18H,9-11H2,1-5H3. The van der Waals surface area contributed by atoms with Gasteiger partial charge in [-0.05, 0) is 37.0 Å². The highest BCUT2D eigenvalue weighted by Crippen LogP contribution is 2.27. The maximum Gasteiger partial charge on any atom is 0.161 e. The summed E-state index contributed by atoms with van der Waals surface area (Å²) in [6, 6.07) is 5.83. The van der Waals surface area contributed by atoms with E-state index in [-0.39, 0.29) is 0 Å². The van der Waals surface area contributed by atoms with Crippen LogP contribution in [0, 0.1) is 5.92 Å². The largest absolute Gasteiger partial charge is 0.493 e. The first kappa shape index (κ1) is 16.8. The van der Waals surface area contributed by atoms with Crippen LogP contribution in [0.5, 0.6) is 11.5 Å². The van der Waals surface area contributed by atoms with Gasteiger partial charge in [-0.2, -0.15) is 0 Å². The van der Waals surface area contributed by atoms with Crippen molar-refractivity contribution >= 4 is 0 Å². The second kappa shape index (κ2) is 7.50. The molecule has 0 fully saturated rings. The van der Waals surface area contributed by atoms with E-state index < -0.39 is 5.60 Å². The van der Waals surface area contributed by atoms with Crippen molar-refractivity contribution in [3.8, 4) is 11.5 Å². The quantitative estimate of drug-likeness (QED) is 0.769. The molecule has 0 saturated heterocycles. The predicted octanol–water partition coefficient (Wildman–Crippen LogP) is 2.59. The van der Waals surface area contributed by atoms with Gasteiger partial charge in [-0.3, -0.25) is 0 Å². The molecule has 4 nitrogen and oxygen atoms in total. The Hall–Kier alpha value is -1.26. The molecule has 4 heteroatoms. The van der Waals surface area contributed by atoms with E-state index in [1.807, 2.05) is 25.1 Å². The third-order valence-electron chi connectivity index (χ3n) is 3.13. The third-order valence-corrected chi connectivity index (χ3v) is 3.13. The topological polar surface area (TPSA) is 50.7 Å². The van der Waals surface area contributed by atoms with Crippen LogP contribution >= 0.6 is 0 Å². The average molecular weight is 281 g/mol. The minimum absolute atomic E-state index is 0.480. The first-order valence-corrected chi connectivity index (χ1v) is 7.02. The molecule has 0 aliphatic rings. The minimum Gasteiger partial charge on any atom is -0.493 e. The Labute approximate surface area is 122 Å². The first-order chi connectivity index (χ1) is 9.38. The van der Waals surface area contributed by atoms with Crippen LogP contribution in [0.15, 0.2) is 18.2 Å². The normalized spacial score (nSPS) is 14.2. The van der Waals surface area contributed by atoms with Gasteiger partial charge < -0.3 is 19.9 Å². The zero-order valence-corrected chi connectivity index (χ0v) is 13.2. The van der Waals surface area contributed by atoms with Gasteiger partial charge in [0.05, 0.1) is 19.8 Å². The molecule has 0 bridgehead atoms. The molecule has 1 rings (SSSR count). The van der Waals surface area contributed by atoms with Crippen molar-refractivity contribution in [2.45, 2.75) is 39.3 Å². The minimum atomic E-state index is -0.676. The summed E-state index contributed by atoms with van der Waals surface area (Å²) >= 11 is 0. The van der Waals surface area contributed by atoms with Crippen LogP contribution in [0.1, 0.15) is 32.8 Å². The lowest BCUT2D eigenvalue weighted by molar-refractivity contribution is 0.0383. The van der Waals surface area contributed by atoms with Crippen LogP contribution in [-0.2, 0) is 6.54 Å². The van der Waals surface area contributed by atoms with Gasteiger partial charge in [0.15, 0.2) is 11.5 Å². The van der Waals surface area contributed by atoms with Crippen molar-refractivity contribution in [3.05, 3.63) is 23.8 Å². The Kier molecular flexibility index (Phi) is 6.30. The van der Waals surface area contributed by atoms with Gasteiger partial charge in [0.1, 0.15) is 0 Å². The number of aliphatic hydroxyl groups is 1. The molecule has 0 saturated carbocycles. The number of nitrogens with one attached hydrogen (secondary N) is 1. The van der Waals surface area contributed by atoms with Crippen molar-refractivity contribution < 1.29 is 14.6 Å². The van der Waals surface area contributed by atoms with E-state index in [1.165, 1.54) is 0 Å². The predicted molar refractivity (Wildman–Crippen MR) is 81.3 cm³/mol. The highest BCUT2D eigenvalue weighted by molar-refractivity contribution is 5.42. The van der Waals surface area contributed by atoms with Crippen molar-refractivity contribution in [1.29, 1.82) is 0 Å². The average Bonchev–Trinajstić information content (AvgIpc) is 2.36. The number of methoxy groups -OCH3 is 2. The maximum atomic E-state index is 10.2. The van der Waals surface area contributed by atoms with Gasteiger partial charge in [-0.15, -0.1) is 0 Å². The number of rotatable bonds is 8. The molecule has 1 unspecified atom stereocenters. The lowest BCUT2D eigenvalue weighted by atomic mass is 9.94. The van der Waals surface area contributed by atoms with E-state index in [9.17, 15) is 5.11 Å². The van der Waals surface area contributed by atoms with E-state index in [0.717, 1.165) is 23.5 Å². The molecule has 0 spiro atoms. The fourth-order valence-corrected chi connectivity index (χ4v) is 2.42. The van der Waals surface area contributed by atoms with Crippen LogP contribution in [-0.4, -0.2) is 31.5 Å². The SMILES string of the molecule is COc1ccc(CNCC(C)(O)CC(C)C)cc1OC. The number of hydrogen-bond acceptors (Lipinski definition) is 4. The Morgan fingerprint density at radius 3 is 2.40 bits per heavy atom. The number of hydrogen-bond donors (Lipinski definition) is 2. The fraction of sp³-hybridized carbons (Fsp3) is 0.625. The van der Waals surface area contributed by atoms with Crippen LogP contribution in [0.2, 0.25) is 0 Å². The Balaban J connectivity index is 2.54. The van der Waals surface area contributed by atoms with Crippen molar-refractivity contribution in [1.82, 2.24) is 5.32 Å². The summed E-state index contributed by atoms with van der Waals surface area (Å²) in [5.74, 6) is 1.93. The molecular weight excluding hydrogens is 254 g/mol. The molecule has 0 radical (unpaired) electrons. The number of benzene rings is 1. The van der Waals surface area contributed by atoms with Gasteiger partial charge in [0, 0.05) is 13.1 Å². The highest BCUT2D eigenvalue weighted by Gasteiger charge is 2.21. The van der Waals surface area contributed by atoms with E-state index in [1.54, 1.807) is 14.2 Å². The molecule has 0 aromatic heterocycles. The van der Waals surface area contributed by atoms with Gasteiger partial charge >= 0.3 is 0 Å². The van der Waals surface area contributed by atoms with Crippen molar-refractivity contribution in [2.75, 3.05) is 20.8 Å². The monoisotopic (exact) mass is 281 g/mol. The molecule has 1 aromatic rings. The van der Waals surface area contributed by atoms with Gasteiger partial charge in [0.2, 0.25) is 0 Å². The molecule has 114 valence electrons. The second-order valence-electron chi connectivity index (χ2n) is 5.89. The zero-order chi connectivity index (χ0) is 15.2. The third kappa shape index (κ3) is 5.39. The summed E-state index contributed by atoms with van der Waals surface area (Å²) in [4.78, 5) is 0. The zero-order valence-electron chi connectivity index (χ0n) is 13.2. The molecular formula is C16H27NO3. The maximum absolute atomic E-state index is 10.2. The molecule has 0 aliphatic heterocycles. The van der Waals surface area contributed by atoms with Crippen molar-refractivity contribution in [2.24, 2.45) is 5.92 Å². The lowest BCUT2D eigenvalue weighted by Crippen LogP contribution is -2.38. The molecule has 0 amide bonds. The van der Waals surface area contributed by atoms with E-state index in [2.05, 4.69) is 19.2 Å². The van der Waals surface area contributed by atoms with E-state index >= 15 is 0 Å². The van der Waals surface area contributed by atoms with Crippen LogP contribution in [0.3, 0.4) is 0 Å². The number of ether oxygens (including phenoxy) is 2. The Morgan fingerprint density at radius 1 is 1.20 bits per heavy atom. The summed E-state index contributed by atoms with van der Waals surface area (Å²) in [6.07, 6.45) is 0.784. The summed E-state index contributed by atoms with van der Waals surface area (Å²) in [5.41, 5.74) is 0.424. The first-order valence-electron chi connectivity index (χ1n) is 7.02. The van der Waals surface area contributed by atoms with E-state index in [4.69, 9.17) is 9.47 Å². The van der Waals surface area contributed by atoms with Gasteiger partial charge in [-0.1, -0.05) is 19.9 Å². The molecule has 0 aliphatic carbocycles. The molecule has 20 heavy (non-hydrogen) atoms. The summed E-state index contributed by atoms with van der Waals surface area (Å²) in [5, 5.41) is 13.5. The van der Waals surface area contributed by atoms with Crippen molar-refractivity contribution in [3.63, 3.8) is 0 Å². The van der Waals surface area contributed by atoms with Crippen LogP contribution in [0.4, 0.5) is 0 Å². The molecule has 0 heterocycles. The van der Waals surface area contributed by atoms with Gasteiger partial charge in [-0.25, -0.2) is 0 Å². The van der Waals surface area contributed by atoms with Crippen LogP contribution in [0.25, 0.3) is 0 Å². The highest BCUT2D eigenvalue weighted by atomic mass is 16.5. The summed E-state index contributed by atoms with van der Waals surface area (Å²) in [6.45, 7) is 7.36. The smallest absolute Gasteiger partial charge is 0.161 e. The van der Waals surface area contributed by atoms with Gasteiger partial charge in [0.25, 0.3) is 0 Å². The second-order valence-corrected chi connectivity index (χ2v) is 5.89. The lowest BCUT2D eigenvalue weighted by Gasteiger charge is -2.25. The molecule has 1 atom stereocenters.